The van der Waals surface area contributed by atoms with Crippen LogP contribution in [0.4, 0.5) is 0 Å². The van der Waals surface area contributed by atoms with Crippen molar-refractivity contribution in [2.45, 2.75) is 73.0 Å². The summed E-state index contributed by atoms with van der Waals surface area (Å²) in [5.74, 6) is 0. The third kappa shape index (κ3) is 4.30. The molecule has 2 aromatic carbocycles. The molecule has 2 aromatic rings. The molecule has 166 valence electrons. The Labute approximate surface area is 185 Å². The molecule has 2 aliphatic heterocycles. The Morgan fingerprint density at radius 2 is 1.42 bits per heavy atom. The number of benzene rings is 2. The summed E-state index contributed by atoms with van der Waals surface area (Å²) in [6.07, 6.45) is 7.24. The van der Waals surface area contributed by atoms with Crippen LogP contribution in [0.5, 0.6) is 0 Å². The lowest BCUT2D eigenvalue weighted by Crippen LogP contribution is -2.41. The van der Waals surface area contributed by atoms with Crippen molar-refractivity contribution in [2.24, 2.45) is 0 Å². The Hall–Kier alpha value is -2.12. The average Bonchev–Trinajstić information content (AvgIpc) is 3.16. The Bertz CT molecular complexity index is 1150. The molecular weight excluding hydrogens is 430 g/mol. The molecule has 2 atom stereocenters. The van der Waals surface area contributed by atoms with Gasteiger partial charge in [-0.05, 0) is 50.5 Å². The molecule has 0 saturated carbocycles. The number of sulfone groups is 1. The van der Waals surface area contributed by atoms with Gasteiger partial charge in [0.15, 0.2) is 9.84 Å². The summed E-state index contributed by atoms with van der Waals surface area (Å²) in [7, 11) is -7.58. The van der Waals surface area contributed by atoms with E-state index >= 15 is 0 Å². The van der Waals surface area contributed by atoms with E-state index in [1.54, 1.807) is 54.6 Å². The first-order chi connectivity index (χ1) is 14.8. The first kappa shape index (κ1) is 22.1. The predicted octanol–water partition coefficient (Wildman–Crippen LogP) is 4.84. The number of nitrogens with zero attached hydrogens (tertiary/aromatic N) is 1. The molecule has 0 N–H and O–H groups in total. The normalized spacial score (nSPS) is 22.7. The van der Waals surface area contributed by atoms with E-state index in [0.29, 0.717) is 18.5 Å². The lowest BCUT2D eigenvalue weighted by Gasteiger charge is -2.33. The van der Waals surface area contributed by atoms with E-state index in [1.807, 2.05) is 13.0 Å². The maximum Gasteiger partial charge on any atom is 0.264 e. The highest BCUT2D eigenvalue weighted by atomic mass is 32.2. The zero-order valence-corrected chi connectivity index (χ0v) is 19.4. The Morgan fingerprint density at radius 1 is 0.774 bits per heavy atom. The molecule has 0 aromatic heterocycles. The van der Waals surface area contributed by atoms with Crippen molar-refractivity contribution in [2.75, 3.05) is 0 Å². The van der Waals surface area contributed by atoms with Gasteiger partial charge in [0.1, 0.15) is 5.25 Å². The largest absolute Gasteiger partial charge is 0.266 e. The maximum absolute atomic E-state index is 13.7. The number of fused-ring (bicyclic) bond motifs is 2. The van der Waals surface area contributed by atoms with Crippen molar-refractivity contribution in [1.82, 2.24) is 4.31 Å². The van der Waals surface area contributed by atoms with Crippen molar-refractivity contribution in [1.29, 1.82) is 0 Å². The minimum Gasteiger partial charge on any atom is -0.266 e. The van der Waals surface area contributed by atoms with Crippen LogP contribution >= 0.6 is 0 Å². The monoisotopic (exact) mass is 459 g/mol. The summed E-state index contributed by atoms with van der Waals surface area (Å²) in [5, 5.41) is -0.863. The molecule has 2 heterocycles. The molecule has 2 bridgehead atoms. The van der Waals surface area contributed by atoms with E-state index in [0.717, 1.165) is 37.7 Å². The molecule has 0 amide bonds. The molecule has 0 spiro atoms. The molecule has 0 unspecified atom stereocenters. The van der Waals surface area contributed by atoms with Crippen molar-refractivity contribution in [3.63, 3.8) is 0 Å². The van der Waals surface area contributed by atoms with E-state index in [4.69, 9.17) is 0 Å². The highest BCUT2D eigenvalue weighted by Crippen LogP contribution is 2.39. The summed E-state index contributed by atoms with van der Waals surface area (Å²) in [6.45, 7) is 1.91. The second-order valence-electron chi connectivity index (χ2n) is 8.47. The molecule has 31 heavy (non-hydrogen) atoms. The van der Waals surface area contributed by atoms with E-state index in [9.17, 15) is 16.8 Å². The van der Waals surface area contributed by atoms with Gasteiger partial charge in [-0.3, -0.25) is 4.31 Å². The highest BCUT2D eigenvalue weighted by Gasteiger charge is 2.43. The van der Waals surface area contributed by atoms with Crippen LogP contribution in [0.25, 0.3) is 0 Å². The van der Waals surface area contributed by atoms with E-state index in [-0.39, 0.29) is 15.8 Å². The molecule has 4 rings (SSSR count). The summed E-state index contributed by atoms with van der Waals surface area (Å²) in [5.41, 5.74) is 1.41. The smallest absolute Gasteiger partial charge is 0.264 e. The van der Waals surface area contributed by atoms with Crippen LogP contribution in [0.15, 0.2) is 76.2 Å². The molecule has 1 fully saturated rings. The predicted molar refractivity (Wildman–Crippen MR) is 122 cm³/mol. The van der Waals surface area contributed by atoms with Crippen molar-refractivity contribution < 1.29 is 16.8 Å². The molecule has 0 radical (unpaired) electrons. The number of sulfonamides is 1. The minimum absolute atomic E-state index is 0.212. The average molecular weight is 460 g/mol. The topological polar surface area (TPSA) is 71.5 Å². The fourth-order valence-corrected chi connectivity index (χ4v) is 8.33. The van der Waals surface area contributed by atoms with Gasteiger partial charge in [0.2, 0.25) is 0 Å². The summed E-state index contributed by atoms with van der Waals surface area (Å²) >= 11 is 0. The van der Waals surface area contributed by atoms with E-state index in [2.05, 4.69) is 0 Å². The van der Waals surface area contributed by atoms with E-state index in [1.165, 1.54) is 4.31 Å². The molecule has 1 saturated heterocycles. The van der Waals surface area contributed by atoms with Gasteiger partial charge >= 0.3 is 0 Å². The molecule has 2 aliphatic rings. The summed E-state index contributed by atoms with van der Waals surface area (Å²) in [4.78, 5) is 0.456. The van der Waals surface area contributed by atoms with Crippen LogP contribution in [-0.4, -0.2) is 32.4 Å². The number of hydrogen-bond acceptors (Lipinski definition) is 4. The Kier molecular flexibility index (Phi) is 6.26. The fraction of sp³-hybridized carbons (Fsp3) is 0.417. The van der Waals surface area contributed by atoms with Crippen LogP contribution < -0.4 is 0 Å². The minimum atomic E-state index is -3.86. The SMILES string of the molecule is Cc1ccc(S(=O)(=O)N2C3=CC[C@@H]2CCCCCC[C@@H]3S(=O)(=O)c2ccccc2)cc1. The third-order valence-corrected chi connectivity index (χ3v) is 10.3. The maximum atomic E-state index is 13.7. The van der Waals surface area contributed by atoms with Crippen LogP contribution in [0.3, 0.4) is 0 Å². The first-order valence-electron chi connectivity index (χ1n) is 10.9. The van der Waals surface area contributed by atoms with Crippen molar-refractivity contribution >= 4 is 19.9 Å². The lowest BCUT2D eigenvalue weighted by molar-refractivity contribution is 0.355. The third-order valence-electron chi connectivity index (χ3n) is 6.29. The quantitative estimate of drug-likeness (QED) is 0.656. The van der Waals surface area contributed by atoms with Crippen LogP contribution in [0.2, 0.25) is 0 Å². The molecule has 5 nitrogen and oxygen atoms in total. The molecule has 7 heteroatoms. The van der Waals surface area contributed by atoms with Gasteiger partial charge in [-0.25, -0.2) is 16.8 Å². The number of hydrogen-bond donors (Lipinski definition) is 0. The lowest BCUT2D eigenvalue weighted by atomic mass is 10.0. The summed E-state index contributed by atoms with van der Waals surface area (Å²) in [6, 6.07) is 15.0. The number of rotatable bonds is 4. The second-order valence-corrected chi connectivity index (χ2v) is 12.4. The van der Waals surface area contributed by atoms with Crippen LogP contribution in [-0.2, 0) is 19.9 Å². The standard InChI is InChI=1S/C24H29NO4S2/c1-19-13-16-22(17-14-19)31(28,29)25-20-9-5-2-3-8-12-24(23(25)18-15-20)30(26,27)21-10-6-4-7-11-21/h4,6-7,10-11,13-14,16-18,20,24H,2-3,5,8-9,12,15H2,1H3/t20-,24-/m0/s1. The summed E-state index contributed by atoms with van der Waals surface area (Å²) < 4.78 is 56.1. The fourth-order valence-electron chi connectivity index (χ4n) is 4.62. The number of aryl methyl sites for hydroxylation is 1. The highest BCUT2D eigenvalue weighted by molar-refractivity contribution is 7.92. The second kappa shape index (κ2) is 8.79. The van der Waals surface area contributed by atoms with Gasteiger partial charge in [-0.15, -0.1) is 0 Å². The Morgan fingerprint density at radius 3 is 2.10 bits per heavy atom. The zero-order chi connectivity index (χ0) is 22.1. The van der Waals surface area contributed by atoms with Gasteiger partial charge < -0.3 is 0 Å². The van der Waals surface area contributed by atoms with Crippen molar-refractivity contribution in [3.05, 3.63) is 71.9 Å². The van der Waals surface area contributed by atoms with Crippen LogP contribution in [0.1, 0.15) is 50.5 Å². The van der Waals surface area contributed by atoms with E-state index < -0.39 is 25.1 Å². The van der Waals surface area contributed by atoms with Gasteiger partial charge in [0.05, 0.1) is 9.79 Å². The van der Waals surface area contributed by atoms with Crippen molar-refractivity contribution in [3.8, 4) is 0 Å². The van der Waals surface area contributed by atoms with Gasteiger partial charge in [-0.2, -0.15) is 0 Å². The van der Waals surface area contributed by atoms with Crippen LogP contribution in [0, 0.1) is 6.92 Å². The van der Waals surface area contributed by atoms with Gasteiger partial charge in [-0.1, -0.05) is 67.7 Å². The van der Waals surface area contributed by atoms with Gasteiger partial charge in [0.25, 0.3) is 10.0 Å². The molecular formula is C24H29NO4S2. The zero-order valence-electron chi connectivity index (χ0n) is 17.8. The van der Waals surface area contributed by atoms with Gasteiger partial charge in [0, 0.05) is 11.7 Å². The Balaban J connectivity index is 1.81. The molecule has 0 aliphatic carbocycles. The first-order valence-corrected chi connectivity index (χ1v) is 13.9.